The van der Waals surface area contributed by atoms with E-state index < -0.39 is 12.0 Å². The van der Waals surface area contributed by atoms with Gasteiger partial charge >= 0.3 is 5.97 Å². The maximum absolute atomic E-state index is 11.1. The zero-order valence-electron chi connectivity index (χ0n) is 9.21. The van der Waals surface area contributed by atoms with Crippen LogP contribution >= 0.6 is 0 Å². The van der Waals surface area contributed by atoms with Crippen molar-refractivity contribution in [2.45, 2.75) is 26.3 Å². The van der Waals surface area contributed by atoms with E-state index in [-0.39, 0.29) is 0 Å². The summed E-state index contributed by atoms with van der Waals surface area (Å²) in [6.07, 6.45) is 3.77. The lowest BCUT2D eigenvalue weighted by molar-refractivity contribution is -0.140. The van der Waals surface area contributed by atoms with Gasteiger partial charge in [-0.1, -0.05) is 6.92 Å². The fraction of sp³-hybridized carbons (Fsp3) is 0.364. The van der Waals surface area contributed by atoms with Crippen LogP contribution in [0.3, 0.4) is 0 Å². The molecule has 0 aliphatic heterocycles. The van der Waals surface area contributed by atoms with E-state index in [0.29, 0.717) is 12.1 Å². The molecule has 0 amide bonds. The Morgan fingerprint density at radius 2 is 2.31 bits per heavy atom. The minimum absolute atomic E-state index is 0.510. The summed E-state index contributed by atoms with van der Waals surface area (Å²) in [7, 11) is 0. The highest BCUT2D eigenvalue weighted by molar-refractivity contribution is 5.77. The van der Waals surface area contributed by atoms with Crippen molar-refractivity contribution >= 4 is 17.1 Å². The Balaban J connectivity index is 2.57. The molecule has 5 heteroatoms. The third kappa shape index (κ3) is 1.64. The average molecular weight is 219 g/mol. The van der Waals surface area contributed by atoms with Gasteiger partial charge in [0.15, 0.2) is 5.65 Å². The van der Waals surface area contributed by atoms with Crippen LogP contribution in [0.1, 0.15) is 24.9 Å². The predicted octanol–water partition coefficient (Wildman–Crippen LogP) is 1.78. The number of carbonyl (C=O) groups is 1. The summed E-state index contributed by atoms with van der Waals surface area (Å²) in [6.45, 7) is 3.76. The van der Waals surface area contributed by atoms with Crippen LogP contribution in [0.25, 0.3) is 11.2 Å². The van der Waals surface area contributed by atoms with Gasteiger partial charge in [-0.25, -0.2) is 14.8 Å². The molecule has 0 spiro atoms. The van der Waals surface area contributed by atoms with Gasteiger partial charge in [-0.15, -0.1) is 0 Å². The third-order valence-corrected chi connectivity index (χ3v) is 2.56. The highest BCUT2D eigenvalue weighted by atomic mass is 16.4. The summed E-state index contributed by atoms with van der Waals surface area (Å²) in [4.78, 5) is 19.5. The Bertz CT molecular complexity index is 533. The second kappa shape index (κ2) is 3.92. The van der Waals surface area contributed by atoms with Crippen molar-refractivity contribution in [1.82, 2.24) is 14.5 Å². The monoisotopic (exact) mass is 219 g/mol. The third-order valence-electron chi connectivity index (χ3n) is 2.56. The van der Waals surface area contributed by atoms with E-state index in [1.807, 2.05) is 19.9 Å². The molecular weight excluding hydrogens is 206 g/mol. The lowest BCUT2D eigenvalue weighted by atomic mass is 10.2. The molecule has 2 aromatic rings. The van der Waals surface area contributed by atoms with Crippen molar-refractivity contribution in [1.29, 1.82) is 0 Å². The van der Waals surface area contributed by atoms with Crippen LogP contribution in [0.4, 0.5) is 0 Å². The molecule has 0 saturated heterocycles. The van der Waals surface area contributed by atoms with Crippen molar-refractivity contribution in [3.05, 3.63) is 24.2 Å². The van der Waals surface area contributed by atoms with Gasteiger partial charge in [-0.2, -0.15) is 0 Å². The van der Waals surface area contributed by atoms with Crippen molar-refractivity contribution in [3.63, 3.8) is 0 Å². The molecule has 1 N–H and O–H groups in total. The van der Waals surface area contributed by atoms with Crippen LogP contribution in [-0.4, -0.2) is 25.6 Å². The molecule has 0 bridgehead atoms. The lowest BCUT2D eigenvalue weighted by Gasteiger charge is -2.11. The highest BCUT2D eigenvalue weighted by Crippen LogP contribution is 2.19. The first-order valence-electron chi connectivity index (χ1n) is 5.15. The quantitative estimate of drug-likeness (QED) is 0.854. The SMILES string of the molecule is CCC(C(=O)O)n1cnc2cc(C)cnc21. The van der Waals surface area contributed by atoms with Gasteiger partial charge in [0.25, 0.3) is 0 Å². The van der Waals surface area contributed by atoms with Crippen LogP contribution in [-0.2, 0) is 4.79 Å². The molecule has 0 radical (unpaired) electrons. The molecular formula is C11H13N3O2. The number of hydrogen-bond acceptors (Lipinski definition) is 3. The number of carboxylic acids is 1. The van der Waals surface area contributed by atoms with Crippen LogP contribution < -0.4 is 0 Å². The van der Waals surface area contributed by atoms with E-state index in [1.165, 1.54) is 0 Å². The summed E-state index contributed by atoms with van der Waals surface area (Å²) in [5, 5.41) is 9.08. The van der Waals surface area contributed by atoms with Crippen molar-refractivity contribution < 1.29 is 9.90 Å². The van der Waals surface area contributed by atoms with E-state index in [0.717, 1.165) is 11.1 Å². The Hall–Kier alpha value is -1.91. The molecule has 5 nitrogen and oxygen atoms in total. The van der Waals surface area contributed by atoms with E-state index in [2.05, 4.69) is 9.97 Å². The van der Waals surface area contributed by atoms with Gasteiger partial charge < -0.3 is 9.67 Å². The van der Waals surface area contributed by atoms with Crippen LogP contribution in [0.2, 0.25) is 0 Å². The van der Waals surface area contributed by atoms with Gasteiger partial charge in [0, 0.05) is 6.20 Å². The summed E-state index contributed by atoms with van der Waals surface area (Å²) in [6, 6.07) is 1.30. The van der Waals surface area contributed by atoms with Gasteiger partial charge in [0.2, 0.25) is 0 Å². The minimum Gasteiger partial charge on any atom is -0.480 e. The first kappa shape index (κ1) is 10.6. The fourth-order valence-electron chi connectivity index (χ4n) is 1.74. The summed E-state index contributed by atoms with van der Waals surface area (Å²) >= 11 is 0. The van der Waals surface area contributed by atoms with Crippen LogP contribution in [0, 0.1) is 6.92 Å². The standard InChI is InChI=1S/C11H13N3O2/c1-3-9(11(15)16)14-6-13-8-4-7(2)5-12-10(8)14/h4-6,9H,3H2,1-2H3,(H,15,16). The largest absolute Gasteiger partial charge is 0.480 e. The summed E-state index contributed by atoms with van der Waals surface area (Å²) < 4.78 is 1.61. The Morgan fingerprint density at radius 1 is 1.56 bits per heavy atom. The molecule has 1 unspecified atom stereocenters. The van der Waals surface area contributed by atoms with E-state index in [1.54, 1.807) is 17.1 Å². The number of aromatic nitrogens is 3. The van der Waals surface area contributed by atoms with E-state index in [9.17, 15) is 4.79 Å². The van der Waals surface area contributed by atoms with Gasteiger partial charge in [-0.05, 0) is 25.0 Å². The number of hydrogen-bond donors (Lipinski definition) is 1. The first-order valence-corrected chi connectivity index (χ1v) is 5.15. The van der Waals surface area contributed by atoms with Gasteiger partial charge in [0.05, 0.1) is 6.33 Å². The van der Waals surface area contributed by atoms with Crippen molar-refractivity contribution in [3.8, 4) is 0 Å². The summed E-state index contributed by atoms with van der Waals surface area (Å²) in [5.41, 5.74) is 2.38. The molecule has 2 aromatic heterocycles. The molecule has 0 aliphatic rings. The molecule has 16 heavy (non-hydrogen) atoms. The van der Waals surface area contributed by atoms with Crippen LogP contribution in [0.15, 0.2) is 18.6 Å². The molecule has 0 aromatic carbocycles. The number of aryl methyl sites for hydroxylation is 1. The number of carboxylic acid groups (broad SMARTS) is 1. The zero-order chi connectivity index (χ0) is 11.7. The molecule has 0 aliphatic carbocycles. The average Bonchev–Trinajstić information content (AvgIpc) is 2.62. The highest BCUT2D eigenvalue weighted by Gasteiger charge is 2.19. The Kier molecular flexibility index (Phi) is 2.60. The van der Waals surface area contributed by atoms with Crippen LogP contribution in [0.5, 0.6) is 0 Å². The smallest absolute Gasteiger partial charge is 0.326 e. The molecule has 2 heterocycles. The Labute approximate surface area is 92.8 Å². The van der Waals surface area contributed by atoms with Crippen molar-refractivity contribution in [2.24, 2.45) is 0 Å². The molecule has 84 valence electrons. The fourth-order valence-corrected chi connectivity index (χ4v) is 1.74. The first-order chi connectivity index (χ1) is 7.63. The number of fused-ring (bicyclic) bond motifs is 1. The number of rotatable bonds is 3. The lowest BCUT2D eigenvalue weighted by Crippen LogP contribution is -2.17. The predicted molar refractivity (Wildman–Crippen MR) is 59.2 cm³/mol. The second-order valence-electron chi connectivity index (χ2n) is 3.77. The second-order valence-corrected chi connectivity index (χ2v) is 3.77. The molecule has 2 rings (SSSR count). The van der Waals surface area contributed by atoms with Gasteiger partial charge in [0.1, 0.15) is 11.6 Å². The Morgan fingerprint density at radius 3 is 2.94 bits per heavy atom. The maximum atomic E-state index is 11.1. The van der Waals surface area contributed by atoms with E-state index >= 15 is 0 Å². The maximum Gasteiger partial charge on any atom is 0.326 e. The number of imidazole rings is 1. The zero-order valence-corrected chi connectivity index (χ0v) is 9.21. The molecule has 0 fully saturated rings. The minimum atomic E-state index is -0.857. The normalized spacial score (nSPS) is 12.9. The van der Waals surface area contributed by atoms with E-state index in [4.69, 9.17) is 5.11 Å². The topological polar surface area (TPSA) is 68.0 Å². The molecule has 1 atom stereocenters. The number of pyridine rings is 1. The molecule has 0 saturated carbocycles. The summed E-state index contributed by atoms with van der Waals surface area (Å²) in [5.74, 6) is -0.857. The van der Waals surface area contributed by atoms with Crippen molar-refractivity contribution in [2.75, 3.05) is 0 Å². The van der Waals surface area contributed by atoms with Gasteiger partial charge in [-0.3, -0.25) is 0 Å². The number of aliphatic carboxylic acids is 1. The number of nitrogens with zero attached hydrogens (tertiary/aromatic N) is 3.